The number of ether oxygens (including phenoxy) is 2. The van der Waals surface area contributed by atoms with E-state index in [1.165, 1.54) is 6.42 Å². The van der Waals surface area contributed by atoms with E-state index in [1.807, 2.05) is 48.5 Å². The third kappa shape index (κ3) is 5.91. The quantitative estimate of drug-likeness (QED) is 0.148. The molecule has 1 N–H and O–H groups in total. The van der Waals surface area contributed by atoms with Crippen LogP contribution < -0.4 is 10.1 Å². The van der Waals surface area contributed by atoms with Crippen LogP contribution in [0.4, 0.5) is 0 Å². The Hall–Kier alpha value is -3.86. The number of amides is 1. The lowest BCUT2D eigenvalue weighted by atomic mass is 9.33. The van der Waals surface area contributed by atoms with Crippen LogP contribution in [0.3, 0.4) is 0 Å². The molecule has 3 aromatic rings. The van der Waals surface area contributed by atoms with Gasteiger partial charge in [0.15, 0.2) is 0 Å². The summed E-state index contributed by atoms with van der Waals surface area (Å²) in [6.07, 6.45) is 13.0. The number of carbonyl (C=O) groups is 2. The zero-order valence-corrected chi connectivity index (χ0v) is 35.4. The number of esters is 1. The molecule has 8 atom stereocenters. The van der Waals surface area contributed by atoms with Crippen molar-refractivity contribution in [2.24, 2.45) is 50.2 Å². The largest absolute Gasteiger partial charge is 0.497 e. The van der Waals surface area contributed by atoms with Crippen molar-refractivity contribution in [3.05, 3.63) is 96.1 Å². The van der Waals surface area contributed by atoms with E-state index in [-0.39, 0.29) is 50.9 Å². The summed E-state index contributed by atoms with van der Waals surface area (Å²) in [4.78, 5) is 28.5. The highest BCUT2D eigenvalue weighted by atomic mass is 16.5. The monoisotopic (exact) mass is 755 g/mol. The Balaban J connectivity index is 1.04. The zero-order chi connectivity index (χ0) is 39.9. The molecule has 5 heteroatoms. The topological polar surface area (TPSA) is 64.6 Å². The van der Waals surface area contributed by atoms with Crippen LogP contribution in [0.15, 0.2) is 85.0 Å². The van der Waals surface area contributed by atoms with Crippen molar-refractivity contribution in [2.45, 2.75) is 125 Å². The summed E-state index contributed by atoms with van der Waals surface area (Å²) < 4.78 is 11.7. The second-order valence-electron chi connectivity index (χ2n) is 20.7. The minimum atomic E-state index is -0.443. The van der Waals surface area contributed by atoms with Crippen molar-refractivity contribution < 1.29 is 19.1 Å². The van der Waals surface area contributed by atoms with Crippen LogP contribution in [0.5, 0.6) is 5.75 Å². The van der Waals surface area contributed by atoms with Gasteiger partial charge in [0.1, 0.15) is 12.4 Å². The molecule has 3 aromatic carbocycles. The van der Waals surface area contributed by atoms with Gasteiger partial charge in [0.05, 0.1) is 12.5 Å². The molecule has 56 heavy (non-hydrogen) atoms. The van der Waals surface area contributed by atoms with E-state index in [1.54, 1.807) is 12.7 Å². The Morgan fingerprint density at radius 2 is 1.57 bits per heavy atom. The smallest absolute Gasteiger partial charge is 0.313 e. The zero-order valence-electron chi connectivity index (χ0n) is 35.4. The lowest BCUT2D eigenvalue weighted by Gasteiger charge is -2.71. The highest BCUT2D eigenvalue weighted by molar-refractivity contribution is 6.22. The second kappa shape index (κ2) is 13.6. The lowest BCUT2D eigenvalue weighted by Crippen LogP contribution is -2.66. The first-order chi connectivity index (χ1) is 26.5. The summed E-state index contributed by atoms with van der Waals surface area (Å²) >= 11 is 0. The molecule has 3 unspecified atom stereocenters. The first kappa shape index (κ1) is 39.0. The Labute approximate surface area is 336 Å². The van der Waals surface area contributed by atoms with Gasteiger partial charge in [-0.3, -0.25) is 9.59 Å². The number of hydrogen-bond donors (Lipinski definition) is 1. The van der Waals surface area contributed by atoms with E-state index >= 15 is 0 Å². The second-order valence-corrected chi connectivity index (χ2v) is 20.7. The molecule has 1 amide bonds. The van der Waals surface area contributed by atoms with Crippen LogP contribution in [0.25, 0.3) is 16.3 Å². The fraction of sp³-hybridized carbons (Fsp3) is 0.569. The van der Waals surface area contributed by atoms with Crippen molar-refractivity contribution in [2.75, 3.05) is 7.11 Å². The number of hydrogen-bond acceptors (Lipinski definition) is 4. The first-order valence-electron chi connectivity index (χ1n) is 21.5. The molecule has 0 radical (unpaired) electrons. The summed E-state index contributed by atoms with van der Waals surface area (Å²) in [6.45, 7) is 22.1. The van der Waals surface area contributed by atoms with Crippen LogP contribution in [0.2, 0.25) is 0 Å². The lowest BCUT2D eigenvalue weighted by molar-refractivity contribution is -0.194. The van der Waals surface area contributed by atoms with Gasteiger partial charge < -0.3 is 14.8 Å². The standard InChI is InChI=1S/C51H65NO4/c1-33(37-17-13-16-35-30-36(55-9)18-19-38(35)37)44(53)52-43-23-24-48(6)41(47(43,4)5)22-25-50(8)42(48)21-20-39-40-31-46(2,3)26-28-51(40,29-27-49(39,50)7)45(54)56-32-34-14-11-10-12-15-34/h10-20,30,40-43H,1,21-29,31-32H2,2-9H3,(H,52,53)/t40?,41?,42?,43-,48-,49+,50+,51-/m0/s1. The third-order valence-corrected chi connectivity index (χ3v) is 17.3. The molecule has 0 heterocycles. The first-order valence-corrected chi connectivity index (χ1v) is 21.5. The molecular formula is C51H65NO4. The van der Waals surface area contributed by atoms with Gasteiger partial charge in [-0.25, -0.2) is 0 Å². The van der Waals surface area contributed by atoms with Crippen molar-refractivity contribution in [3.8, 4) is 5.75 Å². The van der Waals surface area contributed by atoms with Crippen molar-refractivity contribution >= 4 is 28.2 Å². The van der Waals surface area contributed by atoms with E-state index in [0.717, 1.165) is 85.4 Å². The van der Waals surface area contributed by atoms with Crippen LogP contribution >= 0.6 is 0 Å². The number of nitrogens with one attached hydrogen (secondary N) is 1. The van der Waals surface area contributed by atoms with Gasteiger partial charge in [0.2, 0.25) is 0 Å². The van der Waals surface area contributed by atoms with Crippen LogP contribution in [0.1, 0.15) is 124 Å². The molecule has 0 aliphatic heterocycles. The fourth-order valence-corrected chi connectivity index (χ4v) is 13.8. The summed E-state index contributed by atoms with van der Waals surface area (Å²) in [5.41, 5.74) is 3.96. The van der Waals surface area contributed by atoms with Gasteiger partial charge in [-0.1, -0.05) is 121 Å². The molecule has 4 fully saturated rings. The Morgan fingerprint density at radius 3 is 2.32 bits per heavy atom. The Bertz CT molecular complexity index is 2080. The Kier molecular flexibility index (Phi) is 9.49. The average Bonchev–Trinajstić information content (AvgIpc) is 3.17. The molecule has 0 spiro atoms. The summed E-state index contributed by atoms with van der Waals surface area (Å²) in [5.74, 6) is 1.99. The van der Waals surface area contributed by atoms with Gasteiger partial charge in [-0.05, 0) is 143 Å². The number of fused-ring (bicyclic) bond motifs is 8. The number of allylic oxidation sites excluding steroid dienone is 2. The van der Waals surface area contributed by atoms with Crippen molar-refractivity contribution in [3.63, 3.8) is 0 Å². The average molecular weight is 756 g/mol. The third-order valence-electron chi connectivity index (χ3n) is 17.3. The minimum Gasteiger partial charge on any atom is -0.497 e. The molecule has 8 rings (SSSR count). The molecule has 298 valence electrons. The summed E-state index contributed by atoms with van der Waals surface area (Å²) in [5, 5.41) is 5.58. The number of carbonyl (C=O) groups excluding carboxylic acids is 2. The van der Waals surface area contributed by atoms with Crippen molar-refractivity contribution in [1.82, 2.24) is 5.32 Å². The van der Waals surface area contributed by atoms with E-state index in [4.69, 9.17) is 9.47 Å². The van der Waals surface area contributed by atoms with E-state index < -0.39 is 5.41 Å². The molecule has 5 aliphatic carbocycles. The molecular weight excluding hydrogens is 691 g/mol. The SMILES string of the molecule is C=C(C(=O)N[C@H]1CC[C@@]2(C)C(CC[C@]3(C)C2CC=C2C4CC(C)(C)CC[C@]4(C(=O)OCc4ccccc4)CC[C@]23C)C1(C)C)c1cccc2cc(OC)ccc12. The maximum atomic E-state index is 14.4. The maximum Gasteiger partial charge on any atom is 0.313 e. The Morgan fingerprint density at radius 1 is 0.821 bits per heavy atom. The predicted octanol–water partition coefficient (Wildman–Crippen LogP) is 11.9. The minimum absolute atomic E-state index is 0.0261. The van der Waals surface area contributed by atoms with E-state index in [0.29, 0.717) is 24.0 Å². The highest BCUT2D eigenvalue weighted by Gasteiger charge is 2.69. The predicted molar refractivity (Wildman–Crippen MR) is 227 cm³/mol. The van der Waals surface area contributed by atoms with Gasteiger partial charge in [-0.2, -0.15) is 0 Å². The number of rotatable bonds is 7. The molecule has 5 nitrogen and oxygen atoms in total. The summed E-state index contributed by atoms with van der Waals surface area (Å²) in [7, 11) is 1.68. The number of benzene rings is 3. The fourth-order valence-electron chi connectivity index (χ4n) is 13.8. The molecule has 0 saturated heterocycles. The maximum absolute atomic E-state index is 14.4. The van der Waals surface area contributed by atoms with Gasteiger partial charge in [0, 0.05) is 11.6 Å². The van der Waals surface area contributed by atoms with Crippen LogP contribution in [-0.4, -0.2) is 25.0 Å². The molecule has 5 aliphatic rings. The van der Waals surface area contributed by atoms with Crippen LogP contribution in [0, 0.1) is 50.2 Å². The van der Waals surface area contributed by atoms with Gasteiger partial charge in [0.25, 0.3) is 5.91 Å². The van der Waals surface area contributed by atoms with Crippen LogP contribution in [-0.2, 0) is 20.9 Å². The molecule has 0 bridgehead atoms. The van der Waals surface area contributed by atoms with Gasteiger partial charge in [-0.15, -0.1) is 0 Å². The summed E-state index contributed by atoms with van der Waals surface area (Å²) in [6, 6.07) is 22.3. The highest BCUT2D eigenvalue weighted by Crippen LogP contribution is 2.76. The normalized spacial score (nSPS) is 35.4. The van der Waals surface area contributed by atoms with Gasteiger partial charge >= 0.3 is 5.97 Å². The van der Waals surface area contributed by atoms with E-state index in [9.17, 15) is 9.59 Å². The molecule has 4 saturated carbocycles. The van der Waals surface area contributed by atoms with Crippen molar-refractivity contribution in [1.29, 1.82) is 0 Å². The number of methoxy groups -OCH3 is 1. The molecule has 0 aromatic heterocycles. The van der Waals surface area contributed by atoms with E-state index in [2.05, 4.69) is 84.6 Å².